The molecule has 2 rings (SSSR count). The standard InChI is InChI=1S/C7H6ClN5O5S/c1-4-9-6(11-18-4)3-12-2-5(19(8,16)17)7(10-12)13(14)15/h2H,3H2,1H3. The van der Waals surface area contributed by atoms with E-state index in [1.807, 2.05) is 0 Å². The van der Waals surface area contributed by atoms with E-state index in [0.717, 1.165) is 10.9 Å². The molecule has 0 radical (unpaired) electrons. The second kappa shape index (κ2) is 4.59. The van der Waals surface area contributed by atoms with Crippen LogP contribution in [0.4, 0.5) is 5.82 Å². The van der Waals surface area contributed by atoms with Crippen molar-refractivity contribution in [3.05, 3.63) is 28.0 Å². The monoisotopic (exact) mass is 307 g/mol. The zero-order valence-corrected chi connectivity index (χ0v) is 10.9. The van der Waals surface area contributed by atoms with Gasteiger partial charge in [-0.25, -0.2) is 8.42 Å². The van der Waals surface area contributed by atoms with Crippen molar-refractivity contribution in [3.63, 3.8) is 0 Å². The predicted octanol–water partition coefficient (Wildman–Crippen LogP) is 0.459. The van der Waals surface area contributed by atoms with E-state index in [1.54, 1.807) is 6.92 Å². The number of nitrogens with zero attached hydrogens (tertiary/aromatic N) is 5. The number of hydrogen-bond acceptors (Lipinski definition) is 8. The molecule has 0 amide bonds. The van der Waals surface area contributed by atoms with Crippen molar-refractivity contribution in [2.75, 3.05) is 0 Å². The number of nitro groups is 1. The zero-order valence-electron chi connectivity index (χ0n) is 9.35. The molecule has 0 aliphatic carbocycles. The molecule has 0 saturated heterocycles. The Morgan fingerprint density at radius 2 is 2.26 bits per heavy atom. The molecule has 12 heteroatoms. The molecule has 0 aromatic carbocycles. The van der Waals surface area contributed by atoms with Gasteiger partial charge >= 0.3 is 5.82 Å². The summed E-state index contributed by atoms with van der Waals surface area (Å²) in [5.74, 6) is -0.342. The molecule has 2 aromatic rings. The van der Waals surface area contributed by atoms with Gasteiger partial charge in [0.05, 0.1) is 11.3 Å². The number of halogens is 1. The Hall–Kier alpha value is -2.01. The van der Waals surface area contributed by atoms with Crippen LogP contribution in [0.25, 0.3) is 0 Å². The van der Waals surface area contributed by atoms with Gasteiger partial charge in [0.2, 0.25) is 10.8 Å². The molecule has 102 valence electrons. The van der Waals surface area contributed by atoms with E-state index in [-0.39, 0.29) is 12.4 Å². The van der Waals surface area contributed by atoms with Crippen LogP contribution in [0, 0.1) is 17.0 Å². The zero-order chi connectivity index (χ0) is 14.2. The SMILES string of the molecule is Cc1nc(Cn2cc(S(=O)(=O)Cl)c([N+](=O)[O-])n2)no1. The Labute approximate surface area is 110 Å². The molecule has 0 spiro atoms. The molecule has 2 heterocycles. The average Bonchev–Trinajstić information content (AvgIpc) is 2.85. The lowest BCUT2D eigenvalue weighted by Crippen LogP contribution is -2.02. The van der Waals surface area contributed by atoms with Crippen LogP contribution in [0.15, 0.2) is 15.6 Å². The molecule has 0 fully saturated rings. The lowest BCUT2D eigenvalue weighted by molar-refractivity contribution is -0.392. The van der Waals surface area contributed by atoms with E-state index in [2.05, 4.69) is 15.2 Å². The van der Waals surface area contributed by atoms with Crippen molar-refractivity contribution in [2.45, 2.75) is 18.4 Å². The minimum atomic E-state index is -4.26. The van der Waals surface area contributed by atoms with E-state index in [1.165, 1.54) is 0 Å². The van der Waals surface area contributed by atoms with Crippen LogP contribution in [-0.4, -0.2) is 33.3 Å². The topological polar surface area (TPSA) is 134 Å². The van der Waals surface area contributed by atoms with E-state index < -0.39 is 24.7 Å². The highest BCUT2D eigenvalue weighted by atomic mass is 35.7. The fourth-order valence-electron chi connectivity index (χ4n) is 1.32. The first-order valence-corrected chi connectivity index (χ1v) is 7.04. The second-order valence-electron chi connectivity index (χ2n) is 3.44. The molecule has 19 heavy (non-hydrogen) atoms. The lowest BCUT2D eigenvalue weighted by Gasteiger charge is -1.89. The van der Waals surface area contributed by atoms with Gasteiger partial charge in [-0.05, 0) is 4.92 Å². The van der Waals surface area contributed by atoms with Crippen LogP contribution >= 0.6 is 10.7 Å². The third kappa shape index (κ3) is 2.88. The van der Waals surface area contributed by atoms with Crippen LogP contribution < -0.4 is 0 Å². The van der Waals surface area contributed by atoms with Gasteiger partial charge in [-0.1, -0.05) is 5.16 Å². The van der Waals surface area contributed by atoms with Gasteiger partial charge in [-0.2, -0.15) is 9.67 Å². The first kappa shape index (κ1) is 13.4. The lowest BCUT2D eigenvalue weighted by atomic mass is 10.6. The summed E-state index contributed by atoms with van der Waals surface area (Å²) >= 11 is 0. The molecule has 0 N–H and O–H groups in total. The van der Waals surface area contributed by atoms with E-state index >= 15 is 0 Å². The maximum Gasteiger partial charge on any atom is 0.410 e. The number of rotatable bonds is 4. The summed E-state index contributed by atoms with van der Waals surface area (Å²) in [5.41, 5.74) is 0. The second-order valence-corrected chi connectivity index (χ2v) is 5.97. The minimum Gasteiger partial charge on any atom is -0.358 e. The Morgan fingerprint density at radius 1 is 1.58 bits per heavy atom. The van der Waals surface area contributed by atoms with E-state index in [4.69, 9.17) is 15.2 Å². The molecule has 0 unspecified atom stereocenters. The minimum absolute atomic E-state index is 0.0788. The predicted molar refractivity (Wildman–Crippen MR) is 60.1 cm³/mol. The maximum atomic E-state index is 11.2. The largest absolute Gasteiger partial charge is 0.410 e. The van der Waals surface area contributed by atoms with E-state index in [0.29, 0.717) is 5.89 Å². The Balaban J connectivity index is 2.41. The van der Waals surface area contributed by atoms with Gasteiger partial charge in [0.1, 0.15) is 6.54 Å². The summed E-state index contributed by atoms with van der Waals surface area (Å²) in [6, 6.07) is 0. The molecular weight excluding hydrogens is 302 g/mol. The van der Waals surface area contributed by atoms with Crippen LogP contribution in [-0.2, 0) is 15.6 Å². The summed E-state index contributed by atoms with van der Waals surface area (Å²) in [4.78, 5) is 12.9. The average molecular weight is 308 g/mol. The van der Waals surface area contributed by atoms with Crippen LogP contribution in [0.1, 0.15) is 11.7 Å². The first-order chi connectivity index (χ1) is 8.77. The third-order valence-corrected chi connectivity index (χ3v) is 3.33. The quantitative estimate of drug-likeness (QED) is 0.451. The van der Waals surface area contributed by atoms with Crippen molar-refractivity contribution >= 4 is 25.6 Å². The number of aryl methyl sites for hydroxylation is 1. The smallest absolute Gasteiger partial charge is 0.358 e. The normalized spacial score (nSPS) is 11.7. The van der Waals surface area contributed by atoms with Gasteiger partial charge in [0, 0.05) is 17.6 Å². The molecular formula is C7H6ClN5O5S. The summed E-state index contributed by atoms with van der Waals surface area (Å²) in [5, 5.41) is 17.8. The summed E-state index contributed by atoms with van der Waals surface area (Å²) in [6.45, 7) is 1.49. The van der Waals surface area contributed by atoms with Crippen molar-refractivity contribution in [2.24, 2.45) is 0 Å². The fraction of sp³-hybridized carbons (Fsp3) is 0.286. The molecule has 0 atom stereocenters. The Morgan fingerprint density at radius 3 is 2.68 bits per heavy atom. The van der Waals surface area contributed by atoms with Crippen molar-refractivity contribution < 1.29 is 17.9 Å². The van der Waals surface area contributed by atoms with Crippen LogP contribution in [0.5, 0.6) is 0 Å². The molecule has 10 nitrogen and oxygen atoms in total. The third-order valence-electron chi connectivity index (χ3n) is 2.02. The highest BCUT2D eigenvalue weighted by molar-refractivity contribution is 8.13. The first-order valence-electron chi connectivity index (χ1n) is 4.73. The van der Waals surface area contributed by atoms with E-state index in [9.17, 15) is 18.5 Å². The van der Waals surface area contributed by atoms with Gasteiger partial charge in [-0.3, -0.25) is 0 Å². The molecule has 0 saturated carbocycles. The van der Waals surface area contributed by atoms with Gasteiger partial charge in [0.25, 0.3) is 9.05 Å². The number of hydrogen-bond donors (Lipinski definition) is 0. The van der Waals surface area contributed by atoms with Gasteiger partial charge < -0.3 is 14.6 Å². The Kier molecular flexibility index (Phi) is 3.24. The Bertz CT molecular complexity index is 735. The van der Waals surface area contributed by atoms with Crippen molar-refractivity contribution in [3.8, 4) is 0 Å². The fourth-order valence-corrected chi connectivity index (χ4v) is 2.23. The highest BCUT2D eigenvalue weighted by Gasteiger charge is 2.30. The van der Waals surface area contributed by atoms with Crippen LogP contribution in [0.2, 0.25) is 0 Å². The number of aromatic nitrogens is 4. The summed E-state index contributed by atoms with van der Waals surface area (Å²) < 4.78 is 28.1. The molecule has 0 aliphatic heterocycles. The van der Waals surface area contributed by atoms with Crippen molar-refractivity contribution in [1.82, 2.24) is 19.9 Å². The van der Waals surface area contributed by atoms with Gasteiger partial charge in [-0.15, -0.1) is 0 Å². The molecule has 0 bridgehead atoms. The van der Waals surface area contributed by atoms with Gasteiger partial charge in [0.15, 0.2) is 5.82 Å². The summed E-state index contributed by atoms with van der Waals surface area (Å²) in [6.07, 6.45) is 0.937. The molecule has 0 aliphatic rings. The van der Waals surface area contributed by atoms with Crippen LogP contribution in [0.3, 0.4) is 0 Å². The summed E-state index contributed by atoms with van der Waals surface area (Å²) in [7, 11) is 0.831. The maximum absolute atomic E-state index is 11.2. The molecule has 2 aromatic heterocycles. The van der Waals surface area contributed by atoms with Crippen molar-refractivity contribution in [1.29, 1.82) is 0 Å². The highest BCUT2D eigenvalue weighted by Crippen LogP contribution is 2.25.